The van der Waals surface area contributed by atoms with Crippen LogP contribution in [0, 0.1) is 11.3 Å². The molecule has 0 atom stereocenters. The second-order valence-electron chi connectivity index (χ2n) is 4.13. The van der Waals surface area contributed by atoms with Crippen molar-refractivity contribution in [2.45, 2.75) is 6.54 Å². The van der Waals surface area contributed by atoms with Gasteiger partial charge in [0.05, 0.1) is 12.7 Å². The van der Waals surface area contributed by atoms with Crippen LogP contribution in [0.5, 0.6) is 5.75 Å². The summed E-state index contributed by atoms with van der Waals surface area (Å²) in [6.07, 6.45) is 3.31. The van der Waals surface area contributed by atoms with E-state index in [0.717, 1.165) is 29.0 Å². The highest BCUT2D eigenvalue weighted by molar-refractivity contribution is 5.66. The van der Waals surface area contributed by atoms with Crippen LogP contribution in [0.25, 0.3) is 11.1 Å². The molecule has 0 amide bonds. The average Bonchev–Trinajstić information content (AvgIpc) is 2.47. The van der Waals surface area contributed by atoms with Crippen molar-refractivity contribution in [2.75, 3.05) is 14.2 Å². The Morgan fingerprint density at radius 1 is 1.26 bits per heavy atom. The summed E-state index contributed by atoms with van der Waals surface area (Å²) in [4.78, 5) is 4.08. The molecule has 96 valence electrons. The van der Waals surface area contributed by atoms with Crippen LogP contribution in [0.1, 0.15) is 11.1 Å². The number of benzene rings is 1. The molecule has 4 heteroatoms. The van der Waals surface area contributed by atoms with E-state index in [4.69, 9.17) is 10.00 Å². The smallest absolute Gasteiger partial charge is 0.123 e. The summed E-state index contributed by atoms with van der Waals surface area (Å²) >= 11 is 0. The molecule has 1 aromatic carbocycles. The minimum Gasteiger partial charge on any atom is -0.496 e. The molecule has 0 saturated heterocycles. The number of aromatic nitrogens is 1. The Labute approximate surface area is 112 Å². The third-order valence-electron chi connectivity index (χ3n) is 2.85. The molecule has 1 heterocycles. The van der Waals surface area contributed by atoms with Gasteiger partial charge >= 0.3 is 0 Å². The number of nitrogens with one attached hydrogen (secondary N) is 1. The highest BCUT2D eigenvalue weighted by Gasteiger charge is 2.06. The molecule has 0 unspecified atom stereocenters. The average molecular weight is 253 g/mol. The molecule has 0 aliphatic heterocycles. The van der Waals surface area contributed by atoms with Gasteiger partial charge in [0.2, 0.25) is 0 Å². The maximum absolute atomic E-state index is 8.91. The van der Waals surface area contributed by atoms with Crippen LogP contribution in [-0.2, 0) is 6.54 Å². The van der Waals surface area contributed by atoms with E-state index in [1.807, 2.05) is 31.3 Å². The van der Waals surface area contributed by atoms with Gasteiger partial charge in [-0.05, 0) is 30.8 Å². The summed E-state index contributed by atoms with van der Waals surface area (Å²) in [5, 5.41) is 12.0. The zero-order chi connectivity index (χ0) is 13.7. The van der Waals surface area contributed by atoms with Crippen molar-refractivity contribution in [2.24, 2.45) is 0 Å². The van der Waals surface area contributed by atoms with Crippen LogP contribution in [0.15, 0.2) is 36.7 Å². The highest BCUT2D eigenvalue weighted by atomic mass is 16.5. The summed E-state index contributed by atoms with van der Waals surface area (Å²) in [6.45, 7) is 0.725. The fraction of sp³-hybridized carbons (Fsp3) is 0.200. The number of hydrogen-bond donors (Lipinski definition) is 1. The summed E-state index contributed by atoms with van der Waals surface area (Å²) in [5.41, 5.74) is 3.59. The van der Waals surface area contributed by atoms with Gasteiger partial charge < -0.3 is 10.1 Å². The Bertz CT molecular complexity index is 617. The summed E-state index contributed by atoms with van der Waals surface area (Å²) in [5.74, 6) is 0.850. The van der Waals surface area contributed by atoms with Gasteiger partial charge in [0.1, 0.15) is 11.8 Å². The van der Waals surface area contributed by atoms with E-state index >= 15 is 0 Å². The number of hydrogen-bond acceptors (Lipinski definition) is 4. The van der Waals surface area contributed by atoms with Crippen molar-refractivity contribution < 1.29 is 4.74 Å². The van der Waals surface area contributed by atoms with E-state index in [2.05, 4.69) is 16.4 Å². The predicted octanol–water partition coefficient (Wildman–Crippen LogP) is 2.35. The third-order valence-corrected chi connectivity index (χ3v) is 2.85. The first kappa shape index (κ1) is 13.1. The maximum atomic E-state index is 8.91. The van der Waals surface area contributed by atoms with E-state index in [9.17, 15) is 0 Å². The van der Waals surface area contributed by atoms with Gasteiger partial charge in [-0.2, -0.15) is 5.26 Å². The molecule has 0 aliphatic rings. The highest BCUT2D eigenvalue weighted by Crippen LogP contribution is 2.26. The molecule has 1 aromatic heterocycles. The molecule has 0 spiro atoms. The largest absolute Gasteiger partial charge is 0.496 e. The normalized spacial score (nSPS) is 9.95. The maximum Gasteiger partial charge on any atom is 0.123 e. The first-order chi connectivity index (χ1) is 9.28. The SMILES string of the molecule is CNCc1cc(-c2cncc(C#N)c2)ccc1OC. The molecule has 4 nitrogen and oxygen atoms in total. The first-order valence-electron chi connectivity index (χ1n) is 5.95. The Morgan fingerprint density at radius 2 is 2.11 bits per heavy atom. The molecule has 0 saturated carbocycles. The van der Waals surface area contributed by atoms with E-state index in [1.54, 1.807) is 19.5 Å². The zero-order valence-corrected chi connectivity index (χ0v) is 11.0. The van der Waals surface area contributed by atoms with Gasteiger partial charge in [-0.3, -0.25) is 4.98 Å². The summed E-state index contributed by atoms with van der Waals surface area (Å²) in [7, 11) is 3.55. The van der Waals surface area contributed by atoms with Crippen molar-refractivity contribution >= 4 is 0 Å². The molecular formula is C15H15N3O. The van der Waals surface area contributed by atoms with Crippen LogP contribution < -0.4 is 10.1 Å². The first-order valence-corrected chi connectivity index (χ1v) is 5.95. The van der Waals surface area contributed by atoms with Crippen LogP contribution in [-0.4, -0.2) is 19.1 Å². The quantitative estimate of drug-likeness (QED) is 0.908. The molecule has 0 fully saturated rings. The second-order valence-corrected chi connectivity index (χ2v) is 4.13. The van der Waals surface area contributed by atoms with E-state index < -0.39 is 0 Å². The number of ether oxygens (including phenoxy) is 1. The van der Waals surface area contributed by atoms with Gasteiger partial charge in [-0.25, -0.2) is 0 Å². The minimum atomic E-state index is 0.559. The third kappa shape index (κ3) is 2.90. The number of methoxy groups -OCH3 is 1. The Balaban J connectivity index is 2.45. The van der Waals surface area contributed by atoms with Gasteiger partial charge in [-0.15, -0.1) is 0 Å². The minimum absolute atomic E-state index is 0.559. The lowest BCUT2D eigenvalue weighted by atomic mass is 10.0. The van der Waals surface area contributed by atoms with Crippen LogP contribution in [0.3, 0.4) is 0 Å². The van der Waals surface area contributed by atoms with Gasteiger partial charge in [0, 0.05) is 30.1 Å². The molecule has 2 rings (SSSR count). The molecule has 0 aliphatic carbocycles. The fourth-order valence-corrected chi connectivity index (χ4v) is 1.95. The molecular weight excluding hydrogens is 238 g/mol. The fourth-order valence-electron chi connectivity index (χ4n) is 1.95. The van der Waals surface area contributed by atoms with E-state index in [0.29, 0.717) is 5.56 Å². The number of nitriles is 1. The van der Waals surface area contributed by atoms with Gasteiger partial charge in [0.15, 0.2) is 0 Å². The monoisotopic (exact) mass is 253 g/mol. The molecule has 0 bridgehead atoms. The lowest BCUT2D eigenvalue weighted by molar-refractivity contribution is 0.408. The zero-order valence-electron chi connectivity index (χ0n) is 11.0. The Morgan fingerprint density at radius 3 is 2.79 bits per heavy atom. The van der Waals surface area contributed by atoms with Crippen LogP contribution in [0.4, 0.5) is 0 Å². The molecule has 1 N–H and O–H groups in total. The van der Waals surface area contributed by atoms with Crippen LogP contribution >= 0.6 is 0 Å². The number of pyridine rings is 1. The van der Waals surface area contributed by atoms with Crippen molar-refractivity contribution in [3.63, 3.8) is 0 Å². The predicted molar refractivity (Wildman–Crippen MR) is 73.7 cm³/mol. The van der Waals surface area contributed by atoms with E-state index in [1.165, 1.54) is 0 Å². The lowest BCUT2D eigenvalue weighted by Gasteiger charge is -2.10. The van der Waals surface area contributed by atoms with Crippen molar-refractivity contribution in [3.8, 4) is 22.9 Å². The van der Waals surface area contributed by atoms with Crippen LogP contribution in [0.2, 0.25) is 0 Å². The van der Waals surface area contributed by atoms with Crippen molar-refractivity contribution in [1.29, 1.82) is 5.26 Å². The second kappa shape index (κ2) is 5.98. The molecule has 19 heavy (non-hydrogen) atoms. The lowest BCUT2D eigenvalue weighted by Crippen LogP contribution is -2.06. The number of rotatable bonds is 4. The standard InChI is InChI=1S/C15H15N3O/c1-17-9-14-6-12(3-4-15(14)19-2)13-5-11(7-16)8-18-10-13/h3-6,8,10,17H,9H2,1-2H3. The summed E-state index contributed by atoms with van der Waals surface area (Å²) < 4.78 is 5.33. The van der Waals surface area contributed by atoms with Gasteiger partial charge in [-0.1, -0.05) is 6.07 Å². The topological polar surface area (TPSA) is 57.9 Å². The summed E-state index contributed by atoms with van der Waals surface area (Å²) in [6, 6.07) is 9.88. The number of nitrogens with zero attached hydrogens (tertiary/aromatic N) is 2. The van der Waals surface area contributed by atoms with Crippen molar-refractivity contribution in [3.05, 3.63) is 47.8 Å². The Kier molecular flexibility index (Phi) is 4.11. The van der Waals surface area contributed by atoms with E-state index in [-0.39, 0.29) is 0 Å². The van der Waals surface area contributed by atoms with Gasteiger partial charge in [0.25, 0.3) is 0 Å². The Hall–Kier alpha value is -2.38. The van der Waals surface area contributed by atoms with Crippen molar-refractivity contribution in [1.82, 2.24) is 10.3 Å². The molecule has 0 radical (unpaired) electrons. The molecule has 2 aromatic rings.